The average Bonchev–Trinajstić information content (AvgIpc) is 3.64. The number of aromatic nitrogens is 2. The molecule has 0 amide bonds. The van der Waals surface area contributed by atoms with Crippen molar-refractivity contribution in [2.75, 3.05) is 4.90 Å². The van der Waals surface area contributed by atoms with Crippen LogP contribution in [0.1, 0.15) is 0 Å². The molecule has 0 spiro atoms. The predicted octanol–water partition coefficient (Wildman–Crippen LogP) is 11.4. The van der Waals surface area contributed by atoms with Crippen LogP contribution in [0.3, 0.4) is 0 Å². The summed E-state index contributed by atoms with van der Waals surface area (Å²) < 4.78 is 4.84. The molecule has 0 atom stereocenters. The van der Waals surface area contributed by atoms with Crippen molar-refractivity contribution >= 4 is 60.7 Å². The van der Waals surface area contributed by atoms with Gasteiger partial charge in [0.2, 0.25) is 0 Å². The van der Waals surface area contributed by atoms with Crippen LogP contribution in [-0.2, 0) is 0 Å². The summed E-state index contributed by atoms with van der Waals surface area (Å²) in [6, 6.07) is 63.1. The predicted molar refractivity (Wildman–Crippen MR) is 190 cm³/mol. The summed E-state index contributed by atoms with van der Waals surface area (Å²) in [7, 11) is 0. The first-order valence-corrected chi connectivity index (χ1v) is 15.4. The molecular weight excluding hydrogens is 546 g/mol. The molecule has 9 aromatic rings. The number of hydrogen-bond acceptors (Lipinski definition) is 1. The summed E-state index contributed by atoms with van der Waals surface area (Å²) in [6.07, 6.45) is 0. The number of nitrogens with zero attached hydrogens (tertiary/aromatic N) is 3. The quantitative estimate of drug-likeness (QED) is 0.199. The Bertz CT molecular complexity index is 2310. The smallest absolute Gasteiger partial charge is 0.0782 e. The standard InChI is InChI=1S/C42H29N3/c1-4-16-30(17-5-1)43(39-28-14-24-35-33-22-10-12-26-37(33)44(41(35)39)31-18-6-2-7-19-31)40-29-15-25-36-34-23-11-13-27-38(34)45(42(36)40)32-20-8-3-9-21-32/h1-29H. The number of para-hydroxylation sites is 7. The van der Waals surface area contributed by atoms with Gasteiger partial charge in [0.15, 0.2) is 0 Å². The Morgan fingerprint density at radius 2 is 0.689 bits per heavy atom. The molecule has 0 unspecified atom stereocenters. The van der Waals surface area contributed by atoms with E-state index in [1.54, 1.807) is 0 Å². The molecule has 45 heavy (non-hydrogen) atoms. The fraction of sp³-hybridized carbons (Fsp3) is 0. The SMILES string of the molecule is c1ccc(N(c2cccc3c4ccccc4n(-c4ccccc4)c23)c2cccc3c4ccccc4n(-c4ccccc4)c23)cc1. The molecule has 0 saturated carbocycles. The van der Waals surface area contributed by atoms with Gasteiger partial charge in [-0.2, -0.15) is 0 Å². The van der Waals surface area contributed by atoms with Crippen LogP contribution in [0.15, 0.2) is 176 Å². The minimum Gasteiger partial charge on any atom is -0.307 e. The number of fused-ring (bicyclic) bond motifs is 6. The Morgan fingerprint density at radius 1 is 0.311 bits per heavy atom. The van der Waals surface area contributed by atoms with Gasteiger partial charge in [0, 0.05) is 38.6 Å². The molecule has 0 aliphatic rings. The highest BCUT2D eigenvalue weighted by atomic mass is 15.2. The van der Waals surface area contributed by atoms with Crippen molar-refractivity contribution in [1.29, 1.82) is 0 Å². The van der Waals surface area contributed by atoms with Gasteiger partial charge < -0.3 is 14.0 Å². The first-order valence-electron chi connectivity index (χ1n) is 15.4. The zero-order valence-corrected chi connectivity index (χ0v) is 24.6. The third-order valence-corrected chi connectivity index (χ3v) is 8.87. The zero-order chi connectivity index (χ0) is 29.7. The van der Waals surface area contributed by atoms with E-state index in [-0.39, 0.29) is 0 Å². The Hall–Kier alpha value is -6.06. The molecule has 2 aromatic heterocycles. The molecule has 0 saturated heterocycles. The molecule has 0 N–H and O–H groups in total. The fourth-order valence-corrected chi connectivity index (χ4v) is 7.04. The van der Waals surface area contributed by atoms with Crippen molar-refractivity contribution in [3.05, 3.63) is 176 Å². The largest absolute Gasteiger partial charge is 0.307 e. The third-order valence-electron chi connectivity index (χ3n) is 8.87. The second-order valence-electron chi connectivity index (χ2n) is 11.4. The van der Waals surface area contributed by atoms with E-state index in [4.69, 9.17) is 0 Å². The van der Waals surface area contributed by atoms with Gasteiger partial charge in [0.05, 0.1) is 33.4 Å². The molecule has 2 heterocycles. The number of hydrogen-bond donors (Lipinski definition) is 0. The summed E-state index contributed by atoms with van der Waals surface area (Å²) in [4.78, 5) is 2.45. The van der Waals surface area contributed by atoms with Crippen LogP contribution < -0.4 is 4.90 Å². The first-order chi connectivity index (χ1) is 22.4. The van der Waals surface area contributed by atoms with E-state index in [9.17, 15) is 0 Å². The van der Waals surface area contributed by atoms with Crippen molar-refractivity contribution in [3.63, 3.8) is 0 Å². The lowest BCUT2D eigenvalue weighted by Crippen LogP contribution is -2.13. The van der Waals surface area contributed by atoms with Gasteiger partial charge >= 0.3 is 0 Å². The lowest BCUT2D eigenvalue weighted by atomic mass is 10.1. The van der Waals surface area contributed by atoms with Crippen LogP contribution in [0.4, 0.5) is 17.1 Å². The maximum Gasteiger partial charge on any atom is 0.0782 e. The van der Waals surface area contributed by atoms with Gasteiger partial charge in [0.1, 0.15) is 0 Å². The fourth-order valence-electron chi connectivity index (χ4n) is 7.04. The summed E-state index contributed by atoms with van der Waals surface area (Å²) in [5, 5.41) is 4.93. The first kappa shape index (κ1) is 25.4. The zero-order valence-electron chi connectivity index (χ0n) is 24.6. The molecule has 0 bridgehead atoms. The van der Waals surface area contributed by atoms with E-state index in [1.165, 1.54) is 43.6 Å². The molecule has 7 aromatic carbocycles. The molecule has 0 aliphatic heterocycles. The maximum atomic E-state index is 2.45. The minimum atomic E-state index is 1.10. The van der Waals surface area contributed by atoms with Gasteiger partial charge in [-0.1, -0.05) is 115 Å². The molecule has 0 radical (unpaired) electrons. The summed E-state index contributed by atoms with van der Waals surface area (Å²) in [5.41, 5.74) is 10.4. The van der Waals surface area contributed by atoms with Crippen molar-refractivity contribution in [2.45, 2.75) is 0 Å². The van der Waals surface area contributed by atoms with Crippen molar-refractivity contribution < 1.29 is 0 Å². The van der Waals surface area contributed by atoms with Crippen molar-refractivity contribution in [3.8, 4) is 11.4 Å². The van der Waals surface area contributed by atoms with Crippen LogP contribution in [0, 0.1) is 0 Å². The van der Waals surface area contributed by atoms with Crippen LogP contribution in [0.5, 0.6) is 0 Å². The number of rotatable bonds is 5. The topological polar surface area (TPSA) is 13.1 Å². The molecule has 0 fully saturated rings. The van der Waals surface area contributed by atoms with Gasteiger partial charge in [-0.3, -0.25) is 0 Å². The lowest BCUT2D eigenvalue weighted by molar-refractivity contribution is 1.15. The molecule has 212 valence electrons. The van der Waals surface area contributed by atoms with Gasteiger partial charge in [-0.15, -0.1) is 0 Å². The summed E-state index contributed by atoms with van der Waals surface area (Å²) in [5.74, 6) is 0. The maximum absolute atomic E-state index is 2.45. The van der Waals surface area contributed by atoms with Gasteiger partial charge in [-0.25, -0.2) is 0 Å². The van der Waals surface area contributed by atoms with Crippen LogP contribution in [0.25, 0.3) is 55.0 Å². The number of anilines is 3. The van der Waals surface area contributed by atoms with E-state index in [0.29, 0.717) is 0 Å². The molecule has 3 heteroatoms. The highest BCUT2D eigenvalue weighted by Gasteiger charge is 2.25. The molecule has 3 nitrogen and oxygen atoms in total. The minimum absolute atomic E-state index is 1.10. The van der Waals surface area contributed by atoms with E-state index in [1.807, 2.05) is 0 Å². The van der Waals surface area contributed by atoms with Crippen LogP contribution >= 0.6 is 0 Å². The molecule has 9 rings (SSSR count). The van der Waals surface area contributed by atoms with Gasteiger partial charge in [0.25, 0.3) is 0 Å². The van der Waals surface area contributed by atoms with Gasteiger partial charge in [-0.05, 0) is 60.7 Å². The molecule has 0 aliphatic carbocycles. The average molecular weight is 576 g/mol. The van der Waals surface area contributed by atoms with Crippen molar-refractivity contribution in [1.82, 2.24) is 9.13 Å². The van der Waals surface area contributed by atoms with Crippen LogP contribution in [-0.4, -0.2) is 9.13 Å². The van der Waals surface area contributed by atoms with Crippen LogP contribution in [0.2, 0.25) is 0 Å². The van der Waals surface area contributed by atoms with Crippen molar-refractivity contribution in [2.24, 2.45) is 0 Å². The highest BCUT2D eigenvalue weighted by molar-refractivity contribution is 6.17. The second kappa shape index (κ2) is 10.3. The Kier molecular flexibility index (Phi) is 5.82. The normalized spacial score (nSPS) is 11.6. The highest BCUT2D eigenvalue weighted by Crippen LogP contribution is 2.47. The Labute approximate surface area is 261 Å². The number of benzene rings is 7. The summed E-state index contributed by atoms with van der Waals surface area (Å²) >= 11 is 0. The lowest BCUT2D eigenvalue weighted by Gasteiger charge is -2.28. The van der Waals surface area contributed by atoms with E-state index < -0.39 is 0 Å². The van der Waals surface area contributed by atoms with E-state index >= 15 is 0 Å². The van der Waals surface area contributed by atoms with E-state index in [2.05, 4.69) is 190 Å². The third kappa shape index (κ3) is 3.91. The summed E-state index contributed by atoms with van der Waals surface area (Å²) in [6.45, 7) is 0. The monoisotopic (exact) mass is 575 g/mol. The second-order valence-corrected chi connectivity index (χ2v) is 11.4. The Balaban J connectivity index is 1.45. The molecular formula is C42H29N3. The Morgan fingerprint density at radius 3 is 1.16 bits per heavy atom. The van der Waals surface area contributed by atoms with E-state index in [0.717, 1.165) is 28.4 Å².